The van der Waals surface area contributed by atoms with Crippen molar-refractivity contribution in [2.75, 3.05) is 14.2 Å². The molecule has 0 saturated carbocycles. The Balaban J connectivity index is 2.89. The van der Waals surface area contributed by atoms with Crippen molar-refractivity contribution >= 4 is 12.2 Å². The fourth-order valence-electron chi connectivity index (χ4n) is 2.16. The average molecular weight is 245 g/mol. The van der Waals surface area contributed by atoms with Crippen LogP contribution in [-0.4, -0.2) is 56.9 Å². The molecule has 0 aliphatic carbocycles. The Labute approximate surface area is 101 Å². The quantitative estimate of drug-likeness (QED) is 0.676. The topological polar surface area (TPSA) is 73.9 Å². The first kappa shape index (κ1) is 14.1. The van der Waals surface area contributed by atoms with Crippen molar-refractivity contribution in [1.29, 1.82) is 0 Å². The number of nitrogens with one attached hydrogen (secondary N) is 1. The maximum absolute atomic E-state index is 11.1. The molecule has 0 bridgehead atoms. The fourth-order valence-corrected chi connectivity index (χ4v) is 2.16. The van der Waals surface area contributed by atoms with Gasteiger partial charge in [-0.05, 0) is 6.92 Å². The molecule has 0 spiro atoms. The number of ether oxygens (including phenoxy) is 3. The maximum atomic E-state index is 11.1. The van der Waals surface area contributed by atoms with Crippen LogP contribution >= 0.6 is 0 Å². The van der Waals surface area contributed by atoms with Gasteiger partial charge in [0.15, 0.2) is 6.29 Å². The van der Waals surface area contributed by atoms with Crippen molar-refractivity contribution < 1.29 is 23.8 Å². The Hall–Kier alpha value is -0.980. The molecule has 1 aliphatic rings. The number of carbonyl (C=O) groups excluding carboxylic acids is 2. The van der Waals surface area contributed by atoms with Gasteiger partial charge >= 0.3 is 0 Å². The molecule has 6 heteroatoms. The summed E-state index contributed by atoms with van der Waals surface area (Å²) < 4.78 is 16.1. The van der Waals surface area contributed by atoms with Crippen LogP contribution in [-0.2, 0) is 23.8 Å². The number of hydrogen-bond acceptors (Lipinski definition) is 5. The Kier molecular flexibility index (Phi) is 5.04. The molecule has 0 aromatic carbocycles. The maximum Gasteiger partial charge on any atom is 0.217 e. The fraction of sp³-hybridized carbons (Fsp3) is 0.818. The van der Waals surface area contributed by atoms with E-state index in [1.54, 1.807) is 6.92 Å². The van der Waals surface area contributed by atoms with Crippen LogP contribution in [0.25, 0.3) is 0 Å². The van der Waals surface area contributed by atoms with Gasteiger partial charge in [0.2, 0.25) is 5.91 Å². The van der Waals surface area contributed by atoms with Gasteiger partial charge in [0.25, 0.3) is 0 Å². The van der Waals surface area contributed by atoms with Gasteiger partial charge < -0.3 is 24.3 Å². The predicted molar refractivity (Wildman–Crippen MR) is 59.6 cm³/mol. The Morgan fingerprint density at radius 3 is 2.29 bits per heavy atom. The van der Waals surface area contributed by atoms with E-state index >= 15 is 0 Å². The Morgan fingerprint density at radius 1 is 1.29 bits per heavy atom. The second-order valence-corrected chi connectivity index (χ2v) is 4.07. The lowest BCUT2D eigenvalue weighted by Crippen LogP contribution is -2.63. The molecule has 1 heterocycles. The summed E-state index contributed by atoms with van der Waals surface area (Å²) in [5.41, 5.74) is 0. The molecule has 1 amide bonds. The molecule has 6 nitrogen and oxygen atoms in total. The van der Waals surface area contributed by atoms with E-state index in [4.69, 9.17) is 14.2 Å². The van der Waals surface area contributed by atoms with Gasteiger partial charge in [-0.2, -0.15) is 0 Å². The van der Waals surface area contributed by atoms with Gasteiger partial charge in [0, 0.05) is 21.1 Å². The Bertz CT molecular complexity index is 283. The summed E-state index contributed by atoms with van der Waals surface area (Å²) >= 11 is 0. The van der Waals surface area contributed by atoms with Crippen LogP contribution in [0, 0.1) is 0 Å². The Morgan fingerprint density at radius 2 is 1.88 bits per heavy atom. The van der Waals surface area contributed by atoms with E-state index in [9.17, 15) is 9.59 Å². The molecule has 1 rings (SSSR count). The number of methoxy groups -OCH3 is 2. The van der Waals surface area contributed by atoms with Crippen molar-refractivity contribution in [1.82, 2.24) is 5.32 Å². The first-order valence-electron chi connectivity index (χ1n) is 5.48. The summed E-state index contributed by atoms with van der Waals surface area (Å²) in [4.78, 5) is 22.0. The van der Waals surface area contributed by atoms with Crippen LogP contribution in [0.2, 0.25) is 0 Å². The molecule has 1 N–H and O–H groups in total. The number of rotatable bonds is 4. The van der Waals surface area contributed by atoms with E-state index in [1.807, 2.05) is 0 Å². The largest absolute Gasteiger partial charge is 0.376 e. The minimum Gasteiger partial charge on any atom is -0.376 e. The van der Waals surface area contributed by atoms with Gasteiger partial charge in [0.05, 0.1) is 12.1 Å². The van der Waals surface area contributed by atoms with Crippen molar-refractivity contribution in [3.63, 3.8) is 0 Å². The third kappa shape index (κ3) is 3.02. The van der Waals surface area contributed by atoms with Crippen LogP contribution in [0.1, 0.15) is 13.8 Å². The summed E-state index contributed by atoms with van der Waals surface area (Å²) in [6, 6.07) is -0.335. The average Bonchev–Trinajstić information content (AvgIpc) is 2.30. The second kappa shape index (κ2) is 6.09. The second-order valence-electron chi connectivity index (χ2n) is 4.07. The molecule has 0 radical (unpaired) electrons. The summed E-state index contributed by atoms with van der Waals surface area (Å²) in [5, 5.41) is 2.76. The van der Waals surface area contributed by atoms with Crippen molar-refractivity contribution in [3.8, 4) is 0 Å². The first-order valence-corrected chi connectivity index (χ1v) is 5.48. The van der Waals surface area contributed by atoms with Crippen molar-refractivity contribution in [3.05, 3.63) is 0 Å². The summed E-state index contributed by atoms with van der Waals surface area (Å²) in [7, 11) is 3.00. The van der Waals surface area contributed by atoms with E-state index in [-0.39, 0.29) is 18.1 Å². The zero-order valence-corrected chi connectivity index (χ0v) is 10.5. The lowest BCUT2D eigenvalue weighted by Gasteiger charge is -2.43. The smallest absolute Gasteiger partial charge is 0.217 e. The zero-order valence-electron chi connectivity index (χ0n) is 10.5. The van der Waals surface area contributed by atoms with E-state index < -0.39 is 18.3 Å². The van der Waals surface area contributed by atoms with E-state index in [0.717, 1.165) is 0 Å². The highest BCUT2D eigenvalue weighted by Gasteiger charge is 2.45. The standard InChI is InChI=1S/C11H19NO5/c1-6-9(12-7(2)14)11(16-4)10(15-3)8(5-13)17-6/h5-6,8-11H,1-4H3,(H,12,14)/t6?,8-,9+,10+,11-/m1/s1. The van der Waals surface area contributed by atoms with Crippen LogP contribution in [0.4, 0.5) is 0 Å². The summed E-state index contributed by atoms with van der Waals surface area (Å²) in [6.45, 7) is 3.21. The van der Waals surface area contributed by atoms with Crippen molar-refractivity contribution in [2.24, 2.45) is 0 Å². The van der Waals surface area contributed by atoms with Gasteiger partial charge in [-0.15, -0.1) is 0 Å². The van der Waals surface area contributed by atoms with E-state index in [0.29, 0.717) is 6.29 Å². The van der Waals surface area contributed by atoms with E-state index in [1.165, 1.54) is 21.1 Å². The normalized spacial score (nSPS) is 37.5. The molecule has 1 fully saturated rings. The monoisotopic (exact) mass is 245 g/mol. The lowest BCUT2D eigenvalue weighted by molar-refractivity contribution is -0.193. The highest BCUT2D eigenvalue weighted by atomic mass is 16.6. The van der Waals surface area contributed by atoms with Gasteiger partial charge in [-0.3, -0.25) is 4.79 Å². The predicted octanol–water partition coefficient (Wildman–Crippen LogP) is -0.493. The molecule has 1 aliphatic heterocycles. The summed E-state index contributed by atoms with van der Waals surface area (Å²) in [6.07, 6.45) is -1.23. The van der Waals surface area contributed by atoms with Gasteiger partial charge in [-0.1, -0.05) is 0 Å². The minimum atomic E-state index is -0.676. The van der Waals surface area contributed by atoms with Crippen LogP contribution < -0.4 is 5.32 Å². The van der Waals surface area contributed by atoms with Crippen molar-refractivity contribution in [2.45, 2.75) is 44.3 Å². The molecule has 1 saturated heterocycles. The highest BCUT2D eigenvalue weighted by molar-refractivity contribution is 5.73. The molecule has 5 atom stereocenters. The molecule has 0 aromatic rings. The third-order valence-electron chi connectivity index (χ3n) is 2.93. The molecular weight excluding hydrogens is 226 g/mol. The number of hydrogen-bond donors (Lipinski definition) is 1. The lowest BCUT2D eigenvalue weighted by atomic mass is 9.93. The van der Waals surface area contributed by atoms with Gasteiger partial charge in [-0.25, -0.2) is 0 Å². The number of aldehydes is 1. The molecule has 98 valence electrons. The number of amides is 1. The zero-order chi connectivity index (χ0) is 13.0. The molecule has 1 unspecified atom stereocenters. The SMILES string of the molecule is CO[C@@H]1[C@H](OC)[C@@H](NC(C)=O)C(C)O[C@@H]1C=O. The highest BCUT2D eigenvalue weighted by Crippen LogP contribution is 2.24. The third-order valence-corrected chi connectivity index (χ3v) is 2.93. The van der Waals surface area contributed by atoms with Crippen LogP contribution in [0.3, 0.4) is 0 Å². The molecular formula is C11H19NO5. The first-order chi connectivity index (χ1) is 8.04. The number of carbonyl (C=O) groups is 2. The van der Waals surface area contributed by atoms with Crippen LogP contribution in [0.5, 0.6) is 0 Å². The minimum absolute atomic E-state index is 0.174. The molecule has 17 heavy (non-hydrogen) atoms. The van der Waals surface area contributed by atoms with Gasteiger partial charge in [0.1, 0.15) is 18.3 Å². The van der Waals surface area contributed by atoms with E-state index in [2.05, 4.69) is 5.32 Å². The van der Waals surface area contributed by atoms with Crippen LogP contribution in [0.15, 0.2) is 0 Å². The summed E-state index contributed by atoms with van der Waals surface area (Å²) in [5.74, 6) is -0.174. The molecule has 0 aromatic heterocycles.